The normalized spacial score (nSPS) is 10.1. The van der Waals surface area contributed by atoms with Crippen LogP contribution in [0.4, 0.5) is 10.1 Å². The molecule has 0 atom stereocenters. The van der Waals surface area contributed by atoms with Gasteiger partial charge >= 0.3 is 0 Å². The molecule has 18 heavy (non-hydrogen) atoms. The van der Waals surface area contributed by atoms with Crippen LogP contribution in [0.3, 0.4) is 0 Å². The van der Waals surface area contributed by atoms with Crippen LogP contribution in [0.5, 0.6) is 5.75 Å². The third kappa shape index (κ3) is 3.48. The Labute approximate surface area is 106 Å². The van der Waals surface area contributed by atoms with Crippen molar-refractivity contribution >= 4 is 5.69 Å². The highest BCUT2D eigenvalue weighted by Crippen LogP contribution is 2.18. The maximum Gasteiger partial charge on any atom is 0.123 e. The average molecular weight is 245 g/mol. The minimum atomic E-state index is -0.234. The standard InChI is InChI=1S/C15H16FNO/c1-12-11-13(16)7-8-15(12)18-10-9-17-14-5-3-2-4-6-14/h2-8,11,17H,9-10H2,1H3. The van der Waals surface area contributed by atoms with Gasteiger partial charge in [0.05, 0.1) is 0 Å². The van der Waals surface area contributed by atoms with Gasteiger partial charge in [0, 0.05) is 12.2 Å². The molecule has 2 rings (SSSR count). The van der Waals surface area contributed by atoms with Crippen LogP contribution >= 0.6 is 0 Å². The van der Waals surface area contributed by atoms with Gasteiger partial charge in [0.15, 0.2) is 0 Å². The van der Waals surface area contributed by atoms with E-state index < -0.39 is 0 Å². The van der Waals surface area contributed by atoms with E-state index in [9.17, 15) is 4.39 Å². The summed E-state index contributed by atoms with van der Waals surface area (Å²) in [6.45, 7) is 3.09. The molecule has 0 spiro atoms. The largest absolute Gasteiger partial charge is 0.491 e. The Kier molecular flexibility index (Phi) is 4.18. The van der Waals surface area contributed by atoms with Crippen LogP contribution in [0.25, 0.3) is 0 Å². The maximum absolute atomic E-state index is 12.9. The van der Waals surface area contributed by atoms with Crippen LogP contribution < -0.4 is 10.1 Å². The summed E-state index contributed by atoms with van der Waals surface area (Å²) in [5, 5.41) is 3.25. The zero-order valence-corrected chi connectivity index (χ0v) is 10.3. The van der Waals surface area contributed by atoms with Crippen molar-refractivity contribution in [2.24, 2.45) is 0 Å². The molecule has 0 aliphatic heterocycles. The monoisotopic (exact) mass is 245 g/mol. The van der Waals surface area contributed by atoms with Gasteiger partial charge in [-0.3, -0.25) is 0 Å². The van der Waals surface area contributed by atoms with Gasteiger partial charge in [-0.15, -0.1) is 0 Å². The van der Waals surface area contributed by atoms with Gasteiger partial charge in [0.1, 0.15) is 18.2 Å². The highest BCUT2D eigenvalue weighted by Gasteiger charge is 2.00. The first kappa shape index (κ1) is 12.4. The molecule has 0 fully saturated rings. The third-order valence-electron chi connectivity index (χ3n) is 2.60. The second kappa shape index (κ2) is 6.05. The maximum atomic E-state index is 12.9. The molecule has 0 aromatic heterocycles. The molecular formula is C15H16FNO. The molecule has 2 nitrogen and oxygen atoms in total. The number of hydrogen-bond acceptors (Lipinski definition) is 2. The zero-order valence-electron chi connectivity index (χ0n) is 10.3. The Morgan fingerprint density at radius 1 is 1.11 bits per heavy atom. The van der Waals surface area contributed by atoms with E-state index in [0.717, 1.165) is 17.0 Å². The van der Waals surface area contributed by atoms with Crippen molar-refractivity contribution in [3.8, 4) is 5.75 Å². The number of rotatable bonds is 5. The fourth-order valence-electron chi connectivity index (χ4n) is 1.69. The molecule has 0 aliphatic rings. The summed E-state index contributed by atoms with van der Waals surface area (Å²) in [5.74, 6) is 0.494. The lowest BCUT2D eigenvalue weighted by atomic mass is 10.2. The van der Waals surface area contributed by atoms with E-state index in [1.165, 1.54) is 12.1 Å². The van der Waals surface area contributed by atoms with Crippen molar-refractivity contribution in [2.45, 2.75) is 6.92 Å². The molecule has 2 aromatic rings. The van der Waals surface area contributed by atoms with Crippen LogP contribution in [0.15, 0.2) is 48.5 Å². The Bertz CT molecular complexity index is 499. The minimum absolute atomic E-state index is 0.234. The van der Waals surface area contributed by atoms with Gasteiger partial charge in [0.25, 0.3) is 0 Å². The van der Waals surface area contributed by atoms with Gasteiger partial charge in [-0.1, -0.05) is 18.2 Å². The van der Waals surface area contributed by atoms with Gasteiger partial charge in [-0.05, 0) is 42.8 Å². The summed E-state index contributed by atoms with van der Waals surface area (Å²) < 4.78 is 18.5. The van der Waals surface area contributed by atoms with Crippen LogP contribution in [0, 0.1) is 12.7 Å². The lowest BCUT2D eigenvalue weighted by Gasteiger charge is -2.10. The molecule has 0 amide bonds. The second-order valence-corrected chi connectivity index (χ2v) is 4.05. The fraction of sp³-hybridized carbons (Fsp3) is 0.200. The first-order chi connectivity index (χ1) is 8.75. The molecule has 0 bridgehead atoms. The molecule has 0 unspecified atom stereocenters. The molecule has 2 aromatic carbocycles. The summed E-state index contributed by atoms with van der Waals surface area (Å²) >= 11 is 0. The molecule has 0 heterocycles. The quantitative estimate of drug-likeness (QED) is 0.812. The molecule has 0 saturated carbocycles. The lowest BCUT2D eigenvalue weighted by molar-refractivity contribution is 0.330. The molecule has 1 N–H and O–H groups in total. The Morgan fingerprint density at radius 2 is 1.89 bits per heavy atom. The SMILES string of the molecule is Cc1cc(F)ccc1OCCNc1ccccc1. The number of hydrogen-bond donors (Lipinski definition) is 1. The van der Waals surface area contributed by atoms with Crippen molar-refractivity contribution in [1.29, 1.82) is 0 Å². The summed E-state index contributed by atoms with van der Waals surface area (Å²) in [4.78, 5) is 0. The highest BCUT2D eigenvalue weighted by molar-refractivity contribution is 5.42. The van der Waals surface area contributed by atoms with Crippen molar-refractivity contribution in [3.05, 3.63) is 59.9 Å². The average Bonchev–Trinajstić information content (AvgIpc) is 2.38. The molecule has 0 radical (unpaired) electrons. The first-order valence-electron chi connectivity index (χ1n) is 5.93. The first-order valence-corrected chi connectivity index (χ1v) is 5.93. The summed E-state index contributed by atoms with van der Waals surface area (Å²) in [7, 11) is 0. The number of para-hydroxylation sites is 1. The Morgan fingerprint density at radius 3 is 2.61 bits per heavy atom. The van der Waals surface area contributed by atoms with E-state index in [1.807, 2.05) is 37.3 Å². The van der Waals surface area contributed by atoms with E-state index >= 15 is 0 Å². The zero-order chi connectivity index (χ0) is 12.8. The predicted molar refractivity (Wildman–Crippen MR) is 71.6 cm³/mol. The van der Waals surface area contributed by atoms with Crippen LogP contribution in [0.1, 0.15) is 5.56 Å². The topological polar surface area (TPSA) is 21.3 Å². The van der Waals surface area contributed by atoms with Gasteiger partial charge in [-0.25, -0.2) is 4.39 Å². The van der Waals surface area contributed by atoms with E-state index in [-0.39, 0.29) is 5.82 Å². The van der Waals surface area contributed by atoms with Crippen molar-refractivity contribution in [1.82, 2.24) is 0 Å². The van der Waals surface area contributed by atoms with Crippen LogP contribution in [-0.2, 0) is 0 Å². The smallest absolute Gasteiger partial charge is 0.123 e. The van der Waals surface area contributed by atoms with E-state index in [4.69, 9.17) is 4.74 Å². The Balaban J connectivity index is 1.79. The van der Waals surface area contributed by atoms with Crippen molar-refractivity contribution in [2.75, 3.05) is 18.5 Å². The summed E-state index contributed by atoms with van der Waals surface area (Å²) in [6.07, 6.45) is 0. The number of ether oxygens (including phenoxy) is 1. The van der Waals surface area contributed by atoms with Crippen LogP contribution in [-0.4, -0.2) is 13.2 Å². The van der Waals surface area contributed by atoms with E-state index in [0.29, 0.717) is 13.2 Å². The number of anilines is 1. The molecule has 94 valence electrons. The van der Waals surface area contributed by atoms with Crippen molar-refractivity contribution < 1.29 is 9.13 Å². The molecule has 0 saturated heterocycles. The minimum Gasteiger partial charge on any atom is -0.491 e. The lowest BCUT2D eigenvalue weighted by Crippen LogP contribution is -2.11. The van der Waals surface area contributed by atoms with Gasteiger partial charge in [-0.2, -0.15) is 0 Å². The van der Waals surface area contributed by atoms with Crippen LogP contribution in [0.2, 0.25) is 0 Å². The number of benzene rings is 2. The summed E-state index contributed by atoms with van der Waals surface area (Å²) in [6, 6.07) is 14.5. The number of halogens is 1. The van der Waals surface area contributed by atoms with E-state index in [1.54, 1.807) is 6.07 Å². The summed E-state index contributed by atoms with van der Waals surface area (Å²) in [5.41, 5.74) is 1.88. The molecule has 0 aliphatic carbocycles. The highest BCUT2D eigenvalue weighted by atomic mass is 19.1. The molecular weight excluding hydrogens is 229 g/mol. The Hall–Kier alpha value is -2.03. The third-order valence-corrected chi connectivity index (χ3v) is 2.60. The van der Waals surface area contributed by atoms with Gasteiger partial charge in [0.2, 0.25) is 0 Å². The van der Waals surface area contributed by atoms with Gasteiger partial charge < -0.3 is 10.1 Å². The fourth-order valence-corrected chi connectivity index (χ4v) is 1.69. The molecule has 3 heteroatoms. The second-order valence-electron chi connectivity index (χ2n) is 4.05. The predicted octanol–water partition coefficient (Wildman–Crippen LogP) is 3.63. The number of aryl methyl sites for hydroxylation is 1. The number of nitrogens with one attached hydrogen (secondary N) is 1. The van der Waals surface area contributed by atoms with E-state index in [2.05, 4.69) is 5.32 Å². The van der Waals surface area contributed by atoms with Crippen molar-refractivity contribution in [3.63, 3.8) is 0 Å².